The minimum atomic E-state index is -0.352. The molecule has 0 aliphatic carbocycles. The summed E-state index contributed by atoms with van der Waals surface area (Å²) in [5, 5.41) is 0. The molecule has 1 amide bonds. The molecule has 4 heteroatoms. The van der Waals surface area contributed by atoms with Gasteiger partial charge in [-0.25, -0.2) is 4.39 Å². The number of hydrogen-bond acceptors (Lipinski definition) is 2. The van der Waals surface area contributed by atoms with E-state index in [-0.39, 0.29) is 18.3 Å². The van der Waals surface area contributed by atoms with E-state index in [1.807, 2.05) is 4.90 Å². The fourth-order valence-corrected chi connectivity index (χ4v) is 2.16. The van der Waals surface area contributed by atoms with Gasteiger partial charge in [0.15, 0.2) is 0 Å². The Labute approximate surface area is 112 Å². The summed E-state index contributed by atoms with van der Waals surface area (Å²) in [6.07, 6.45) is 2.61. The summed E-state index contributed by atoms with van der Waals surface area (Å²) in [5.41, 5.74) is 6.52. The van der Waals surface area contributed by atoms with E-state index >= 15 is 0 Å². The molecule has 1 aliphatic rings. The molecule has 1 aromatic rings. The monoisotopic (exact) mass is 260 g/mol. The molecule has 0 atom stereocenters. The van der Waals surface area contributed by atoms with E-state index in [0.717, 1.165) is 24.9 Å². The Morgan fingerprint density at radius 3 is 2.95 bits per heavy atom. The number of amides is 1. The van der Waals surface area contributed by atoms with Crippen LogP contribution in [0, 0.1) is 17.7 Å². The number of piperidine rings is 1. The minimum Gasteiger partial charge on any atom is -0.338 e. The van der Waals surface area contributed by atoms with E-state index in [1.54, 1.807) is 12.1 Å². The van der Waals surface area contributed by atoms with Crippen LogP contribution < -0.4 is 5.73 Å². The van der Waals surface area contributed by atoms with Crippen LogP contribution in [0.25, 0.3) is 0 Å². The van der Waals surface area contributed by atoms with Crippen LogP contribution in [0.3, 0.4) is 0 Å². The maximum absolute atomic E-state index is 13.5. The molecule has 2 N–H and O–H groups in total. The molecule has 19 heavy (non-hydrogen) atoms. The van der Waals surface area contributed by atoms with Crippen molar-refractivity contribution in [2.45, 2.75) is 25.8 Å². The first-order chi connectivity index (χ1) is 9.20. The smallest absolute Gasteiger partial charge is 0.222 e. The lowest BCUT2D eigenvalue weighted by Crippen LogP contribution is -2.34. The molecule has 0 saturated carbocycles. The largest absolute Gasteiger partial charge is 0.338 e. The van der Waals surface area contributed by atoms with Crippen LogP contribution in [0.2, 0.25) is 0 Å². The Balaban J connectivity index is 2.14. The van der Waals surface area contributed by atoms with Gasteiger partial charge in [0.2, 0.25) is 5.91 Å². The highest BCUT2D eigenvalue weighted by atomic mass is 19.1. The van der Waals surface area contributed by atoms with E-state index in [4.69, 9.17) is 5.73 Å². The Morgan fingerprint density at radius 1 is 1.37 bits per heavy atom. The number of nitrogens with two attached hydrogens (primary N) is 1. The normalized spacial score (nSPS) is 15.1. The molecule has 0 spiro atoms. The average Bonchev–Trinajstić information content (AvgIpc) is 2.42. The number of likely N-dealkylation sites (tertiary alicyclic amines) is 1. The summed E-state index contributed by atoms with van der Waals surface area (Å²) < 4.78 is 13.5. The third kappa shape index (κ3) is 3.55. The van der Waals surface area contributed by atoms with E-state index in [9.17, 15) is 9.18 Å². The van der Waals surface area contributed by atoms with Crippen LogP contribution >= 0.6 is 0 Å². The molecule has 1 fully saturated rings. The number of carbonyl (C=O) groups is 1. The molecule has 2 rings (SSSR count). The predicted molar refractivity (Wildman–Crippen MR) is 71.6 cm³/mol. The standard InChI is InChI=1S/C15H17FN2O/c16-14-7-6-12(10-13(14)4-3-8-17)11-18-9-2-1-5-15(18)19/h6-7,10H,1-2,5,8-9,11,17H2. The molecule has 0 bridgehead atoms. The van der Waals surface area contributed by atoms with Gasteiger partial charge in [0.1, 0.15) is 5.82 Å². The zero-order valence-electron chi connectivity index (χ0n) is 10.8. The third-order valence-corrected chi connectivity index (χ3v) is 3.15. The van der Waals surface area contributed by atoms with Gasteiger partial charge in [0.25, 0.3) is 0 Å². The molecule has 100 valence electrons. The third-order valence-electron chi connectivity index (χ3n) is 3.15. The van der Waals surface area contributed by atoms with Gasteiger partial charge in [-0.3, -0.25) is 4.79 Å². The number of benzene rings is 1. The van der Waals surface area contributed by atoms with Crippen molar-refractivity contribution in [3.63, 3.8) is 0 Å². The van der Waals surface area contributed by atoms with E-state index in [2.05, 4.69) is 11.8 Å². The lowest BCUT2D eigenvalue weighted by atomic mass is 10.1. The van der Waals surface area contributed by atoms with Gasteiger partial charge in [-0.05, 0) is 30.5 Å². The number of halogens is 1. The second-order valence-electron chi connectivity index (χ2n) is 4.59. The summed E-state index contributed by atoms with van der Waals surface area (Å²) in [5.74, 6) is 5.17. The van der Waals surface area contributed by atoms with Gasteiger partial charge in [-0.15, -0.1) is 0 Å². The fraction of sp³-hybridized carbons (Fsp3) is 0.400. The van der Waals surface area contributed by atoms with Crippen LogP contribution in [-0.2, 0) is 11.3 Å². The maximum atomic E-state index is 13.5. The fourth-order valence-electron chi connectivity index (χ4n) is 2.16. The second-order valence-corrected chi connectivity index (χ2v) is 4.59. The van der Waals surface area contributed by atoms with Crippen LogP contribution in [0.5, 0.6) is 0 Å². The molecule has 1 aromatic carbocycles. The molecular weight excluding hydrogens is 243 g/mol. The first-order valence-electron chi connectivity index (χ1n) is 6.46. The summed E-state index contributed by atoms with van der Waals surface area (Å²) >= 11 is 0. The zero-order valence-corrected chi connectivity index (χ0v) is 10.8. The van der Waals surface area contributed by atoms with Gasteiger partial charge in [0.05, 0.1) is 12.1 Å². The summed E-state index contributed by atoms with van der Waals surface area (Å²) in [7, 11) is 0. The molecule has 3 nitrogen and oxygen atoms in total. The molecule has 1 aliphatic heterocycles. The van der Waals surface area contributed by atoms with Crippen molar-refractivity contribution >= 4 is 5.91 Å². The zero-order chi connectivity index (χ0) is 13.7. The summed E-state index contributed by atoms with van der Waals surface area (Å²) in [4.78, 5) is 13.5. The van der Waals surface area contributed by atoms with Crippen LogP contribution in [0.15, 0.2) is 18.2 Å². The number of rotatable bonds is 2. The Morgan fingerprint density at radius 2 is 2.21 bits per heavy atom. The molecule has 0 unspecified atom stereocenters. The van der Waals surface area contributed by atoms with Gasteiger partial charge >= 0.3 is 0 Å². The van der Waals surface area contributed by atoms with Crippen molar-refractivity contribution in [3.8, 4) is 11.8 Å². The van der Waals surface area contributed by atoms with Crippen molar-refractivity contribution in [2.24, 2.45) is 5.73 Å². The first kappa shape index (κ1) is 13.6. The highest BCUT2D eigenvalue weighted by Crippen LogP contribution is 2.16. The first-order valence-corrected chi connectivity index (χ1v) is 6.46. The van der Waals surface area contributed by atoms with Gasteiger partial charge < -0.3 is 10.6 Å². The second kappa shape index (κ2) is 6.35. The van der Waals surface area contributed by atoms with Crippen molar-refractivity contribution in [3.05, 3.63) is 35.1 Å². The van der Waals surface area contributed by atoms with Crippen molar-refractivity contribution in [1.82, 2.24) is 4.90 Å². The lowest BCUT2D eigenvalue weighted by Gasteiger charge is -2.26. The number of nitrogens with zero attached hydrogens (tertiary/aromatic N) is 1. The van der Waals surface area contributed by atoms with Gasteiger partial charge in [-0.1, -0.05) is 17.9 Å². The topological polar surface area (TPSA) is 46.3 Å². The quantitative estimate of drug-likeness (QED) is 0.822. The average molecular weight is 260 g/mol. The molecular formula is C15H17FN2O. The Bertz CT molecular complexity index is 531. The number of carbonyl (C=O) groups excluding carboxylic acids is 1. The Hall–Kier alpha value is -1.86. The molecule has 0 aromatic heterocycles. The van der Waals surface area contributed by atoms with Crippen LogP contribution in [-0.4, -0.2) is 23.9 Å². The highest BCUT2D eigenvalue weighted by molar-refractivity contribution is 5.76. The molecule has 1 saturated heterocycles. The van der Waals surface area contributed by atoms with E-state index in [0.29, 0.717) is 18.5 Å². The Kier molecular flexibility index (Phi) is 4.53. The van der Waals surface area contributed by atoms with Gasteiger partial charge in [0, 0.05) is 19.5 Å². The maximum Gasteiger partial charge on any atom is 0.222 e. The summed E-state index contributed by atoms with van der Waals surface area (Å²) in [6.45, 7) is 1.50. The van der Waals surface area contributed by atoms with Crippen molar-refractivity contribution in [2.75, 3.05) is 13.1 Å². The molecule has 0 radical (unpaired) electrons. The van der Waals surface area contributed by atoms with Crippen LogP contribution in [0.1, 0.15) is 30.4 Å². The van der Waals surface area contributed by atoms with E-state index < -0.39 is 0 Å². The predicted octanol–water partition coefficient (Wildman–Crippen LogP) is 1.65. The SMILES string of the molecule is NCC#Cc1cc(CN2CCCCC2=O)ccc1F. The highest BCUT2D eigenvalue weighted by Gasteiger charge is 2.18. The van der Waals surface area contributed by atoms with Crippen molar-refractivity contribution in [1.29, 1.82) is 0 Å². The lowest BCUT2D eigenvalue weighted by molar-refractivity contribution is -0.133. The van der Waals surface area contributed by atoms with Crippen molar-refractivity contribution < 1.29 is 9.18 Å². The van der Waals surface area contributed by atoms with Crippen LogP contribution in [0.4, 0.5) is 4.39 Å². The van der Waals surface area contributed by atoms with Gasteiger partial charge in [-0.2, -0.15) is 0 Å². The minimum absolute atomic E-state index is 0.171. The number of hydrogen-bond donors (Lipinski definition) is 1. The molecule has 1 heterocycles. The van der Waals surface area contributed by atoms with E-state index in [1.165, 1.54) is 6.07 Å². The summed E-state index contributed by atoms with van der Waals surface area (Å²) in [6, 6.07) is 4.79.